The molecule has 1 atom stereocenters. The number of rotatable bonds is 11. The average molecular weight is 302 g/mol. The van der Waals surface area contributed by atoms with Crippen molar-refractivity contribution >= 4 is 11.9 Å². The summed E-state index contributed by atoms with van der Waals surface area (Å²) in [5, 5.41) is 16.9. The van der Waals surface area contributed by atoms with Gasteiger partial charge in [0, 0.05) is 6.42 Å². The Hall–Kier alpha value is -1.06. The summed E-state index contributed by atoms with van der Waals surface area (Å²) < 4.78 is 0. The summed E-state index contributed by atoms with van der Waals surface area (Å²) in [5.41, 5.74) is 0. The van der Waals surface area contributed by atoms with E-state index in [1.54, 1.807) is 0 Å². The van der Waals surface area contributed by atoms with Gasteiger partial charge in [0.2, 0.25) is 0 Å². The Morgan fingerprint density at radius 2 is 1.52 bits per heavy atom. The van der Waals surface area contributed by atoms with E-state index in [1.165, 1.54) is 12.8 Å². The molecule has 0 aliphatic carbocycles. The molecule has 0 aromatic heterocycles. The molecule has 0 heterocycles. The van der Waals surface area contributed by atoms with Crippen LogP contribution in [0.25, 0.3) is 0 Å². The summed E-state index contributed by atoms with van der Waals surface area (Å²) in [7, 11) is 0. The van der Waals surface area contributed by atoms with E-state index in [2.05, 4.69) is 20.8 Å². The van der Waals surface area contributed by atoms with Crippen LogP contribution in [0.5, 0.6) is 0 Å². The molecule has 126 valence electrons. The molecule has 0 saturated heterocycles. The third-order valence-electron chi connectivity index (χ3n) is 3.42. The minimum Gasteiger partial charge on any atom is -0.481 e. The molecule has 0 aliphatic rings. The van der Waals surface area contributed by atoms with Gasteiger partial charge < -0.3 is 10.2 Å². The van der Waals surface area contributed by atoms with E-state index in [-0.39, 0.29) is 5.92 Å². The Morgan fingerprint density at radius 3 is 1.90 bits per heavy atom. The molecular weight excluding hydrogens is 268 g/mol. The van der Waals surface area contributed by atoms with E-state index in [9.17, 15) is 9.59 Å². The van der Waals surface area contributed by atoms with Crippen LogP contribution in [0.2, 0.25) is 0 Å². The van der Waals surface area contributed by atoms with Crippen molar-refractivity contribution in [3.05, 3.63) is 0 Å². The van der Waals surface area contributed by atoms with Crippen LogP contribution in [0.1, 0.15) is 85.5 Å². The summed E-state index contributed by atoms with van der Waals surface area (Å²) in [6.07, 6.45) is 8.33. The molecule has 0 amide bonds. The van der Waals surface area contributed by atoms with Crippen LogP contribution in [0, 0.1) is 11.8 Å². The van der Waals surface area contributed by atoms with Crippen molar-refractivity contribution in [3.63, 3.8) is 0 Å². The number of hydrogen-bond donors (Lipinski definition) is 2. The number of hydrogen-bond acceptors (Lipinski definition) is 2. The molecule has 0 fully saturated rings. The molecular formula is C17H34O4. The first-order valence-corrected chi connectivity index (χ1v) is 8.29. The van der Waals surface area contributed by atoms with E-state index < -0.39 is 11.9 Å². The van der Waals surface area contributed by atoms with Crippen LogP contribution < -0.4 is 0 Å². The Morgan fingerprint density at radius 1 is 0.905 bits per heavy atom. The van der Waals surface area contributed by atoms with Crippen molar-refractivity contribution in [1.29, 1.82) is 0 Å². The van der Waals surface area contributed by atoms with Gasteiger partial charge in [0.05, 0.1) is 5.92 Å². The second kappa shape index (κ2) is 15.3. The zero-order valence-corrected chi connectivity index (χ0v) is 14.2. The number of unbranched alkanes of at least 4 members (excludes halogenated alkanes) is 3. The maximum atomic E-state index is 10.4. The van der Waals surface area contributed by atoms with Crippen LogP contribution >= 0.6 is 0 Å². The Kier molecular flexibility index (Phi) is 16.2. The van der Waals surface area contributed by atoms with Gasteiger partial charge >= 0.3 is 11.9 Å². The highest BCUT2D eigenvalue weighted by atomic mass is 16.4. The summed E-state index contributed by atoms with van der Waals surface area (Å²) >= 11 is 0. The lowest BCUT2D eigenvalue weighted by atomic mass is 10.00. The minimum absolute atomic E-state index is 0.111. The van der Waals surface area contributed by atoms with Crippen LogP contribution in [0.3, 0.4) is 0 Å². The fourth-order valence-corrected chi connectivity index (χ4v) is 1.96. The van der Waals surface area contributed by atoms with Crippen molar-refractivity contribution in [3.8, 4) is 0 Å². The van der Waals surface area contributed by atoms with Gasteiger partial charge in [0.25, 0.3) is 0 Å². The first-order chi connectivity index (χ1) is 9.84. The van der Waals surface area contributed by atoms with Gasteiger partial charge in [-0.05, 0) is 25.2 Å². The van der Waals surface area contributed by atoms with E-state index in [1.807, 2.05) is 6.92 Å². The van der Waals surface area contributed by atoms with Crippen molar-refractivity contribution in [2.24, 2.45) is 11.8 Å². The molecule has 1 unspecified atom stereocenters. The van der Waals surface area contributed by atoms with Gasteiger partial charge in [0.1, 0.15) is 0 Å². The molecule has 0 bridgehead atoms. The van der Waals surface area contributed by atoms with E-state index >= 15 is 0 Å². The average Bonchev–Trinajstić information content (AvgIpc) is 2.39. The van der Waals surface area contributed by atoms with E-state index in [4.69, 9.17) is 10.2 Å². The standard InChI is InChI=1S/C9H18O2.C8H16O2/c1-8(2)6-4-3-5-7-9(10)11;1-3-5-6-7(4-2)8(9)10/h8H,3-7H2,1-2H3,(H,10,11);7H,3-6H2,1-2H3,(H,9,10). The highest BCUT2D eigenvalue weighted by molar-refractivity contribution is 5.69. The van der Waals surface area contributed by atoms with Gasteiger partial charge in [-0.25, -0.2) is 0 Å². The molecule has 21 heavy (non-hydrogen) atoms. The monoisotopic (exact) mass is 302 g/mol. The van der Waals surface area contributed by atoms with Gasteiger partial charge in [-0.15, -0.1) is 0 Å². The molecule has 2 N–H and O–H groups in total. The predicted octanol–water partition coefficient (Wildman–Crippen LogP) is 4.96. The van der Waals surface area contributed by atoms with E-state index in [0.29, 0.717) is 6.42 Å². The fraction of sp³-hybridized carbons (Fsp3) is 0.882. The molecule has 0 saturated carbocycles. The molecule has 0 aromatic carbocycles. The normalized spacial score (nSPS) is 11.7. The lowest BCUT2D eigenvalue weighted by Crippen LogP contribution is -2.11. The second-order valence-corrected chi connectivity index (χ2v) is 5.97. The topological polar surface area (TPSA) is 74.6 Å². The number of carboxylic acids is 2. The maximum absolute atomic E-state index is 10.4. The van der Waals surface area contributed by atoms with Crippen LogP contribution in [-0.2, 0) is 9.59 Å². The third-order valence-corrected chi connectivity index (χ3v) is 3.42. The zero-order valence-electron chi connectivity index (χ0n) is 14.2. The SMILES string of the molecule is CC(C)CCCCCC(=O)O.CCCCC(CC)C(=O)O. The number of carboxylic acid groups (broad SMARTS) is 2. The van der Waals surface area contributed by atoms with Gasteiger partial charge in [-0.1, -0.05) is 59.8 Å². The molecule has 0 spiro atoms. The Labute approximate surface area is 129 Å². The smallest absolute Gasteiger partial charge is 0.306 e. The predicted molar refractivity (Wildman–Crippen MR) is 86.5 cm³/mol. The molecule has 0 aliphatic heterocycles. The highest BCUT2D eigenvalue weighted by Gasteiger charge is 2.12. The molecule has 0 aromatic rings. The lowest BCUT2D eigenvalue weighted by Gasteiger charge is -2.06. The van der Waals surface area contributed by atoms with Gasteiger partial charge in [-0.3, -0.25) is 9.59 Å². The van der Waals surface area contributed by atoms with E-state index in [0.717, 1.165) is 44.4 Å². The summed E-state index contributed by atoms with van der Waals surface area (Å²) in [6.45, 7) is 8.39. The second-order valence-electron chi connectivity index (χ2n) is 5.97. The van der Waals surface area contributed by atoms with Gasteiger partial charge in [0.15, 0.2) is 0 Å². The van der Waals surface area contributed by atoms with Crippen molar-refractivity contribution in [2.75, 3.05) is 0 Å². The van der Waals surface area contributed by atoms with Crippen LogP contribution in [-0.4, -0.2) is 22.2 Å². The van der Waals surface area contributed by atoms with Crippen LogP contribution in [0.15, 0.2) is 0 Å². The van der Waals surface area contributed by atoms with Crippen molar-refractivity contribution in [2.45, 2.75) is 85.5 Å². The number of carbonyl (C=O) groups is 2. The quantitative estimate of drug-likeness (QED) is 0.529. The highest BCUT2D eigenvalue weighted by Crippen LogP contribution is 2.11. The summed E-state index contributed by atoms with van der Waals surface area (Å²) in [5.74, 6) is -0.676. The molecule has 4 heteroatoms. The molecule has 4 nitrogen and oxygen atoms in total. The van der Waals surface area contributed by atoms with Gasteiger partial charge in [-0.2, -0.15) is 0 Å². The first kappa shape index (κ1) is 22.2. The summed E-state index contributed by atoms with van der Waals surface area (Å²) in [4.78, 5) is 20.5. The third kappa shape index (κ3) is 18.9. The van der Waals surface area contributed by atoms with Crippen molar-refractivity contribution in [1.82, 2.24) is 0 Å². The fourth-order valence-electron chi connectivity index (χ4n) is 1.96. The Balaban J connectivity index is 0. The molecule has 0 rings (SSSR count). The lowest BCUT2D eigenvalue weighted by molar-refractivity contribution is -0.142. The zero-order chi connectivity index (χ0) is 16.7. The first-order valence-electron chi connectivity index (χ1n) is 8.29. The van der Waals surface area contributed by atoms with Crippen LogP contribution in [0.4, 0.5) is 0 Å². The Bertz CT molecular complexity index is 262. The maximum Gasteiger partial charge on any atom is 0.306 e. The largest absolute Gasteiger partial charge is 0.481 e. The molecule has 0 radical (unpaired) electrons. The minimum atomic E-state index is -0.672. The summed E-state index contributed by atoms with van der Waals surface area (Å²) in [6, 6.07) is 0. The number of aliphatic carboxylic acids is 2. The van der Waals surface area contributed by atoms with Crippen molar-refractivity contribution < 1.29 is 19.8 Å².